The summed E-state index contributed by atoms with van der Waals surface area (Å²) in [4.78, 5) is 40.2. The van der Waals surface area contributed by atoms with E-state index < -0.39 is 15.6 Å². The van der Waals surface area contributed by atoms with E-state index in [9.17, 15) is 50.4 Å². The number of halogens is 12. The first-order valence-electron chi connectivity index (χ1n) is 50.5. The van der Waals surface area contributed by atoms with Gasteiger partial charge in [-0.3, -0.25) is 19.9 Å². The van der Waals surface area contributed by atoms with E-state index in [1.54, 1.807) is 0 Å². The minimum atomic E-state index is -10.7. The molecule has 16 aromatic rings. The maximum atomic E-state index is 9.87. The van der Waals surface area contributed by atoms with Crippen molar-refractivity contribution >= 4 is 103 Å². The first kappa shape index (κ1) is 123. The first-order valence-corrected chi connectivity index (χ1v) is 54.5. The predicted molar refractivity (Wildman–Crippen MR) is 589 cm³/mol. The molecule has 0 aliphatic heterocycles. The average Bonchev–Trinajstić information content (AvgIpc) is 0.746. The normalized spacial score (nSPS) is 12.7. The van der Waals surface area contributed by atoms with Crippen LogP contribution in [0, 0.1) is 27.7 Å². The third kappa shape index (κ3) is 34.5. The van der Waals surface area contributed by atoms with Crippen LogP contribution in [0.25, 0.3) is 132 Å². The van der Waals surface area contributed by atoms with Crippen molar-refractivity contribution in [3.63, 3.8) is 0 Å². The molecule has 0 bridgehead atoms. The summed E-state index contributed by atoms with van der Waals surface area (Å²) in [5.74, 6) is 5.11. The Kier molecular flexibility index (Phi) is 41.4. The van der Waals surface area contributed by atoms with Crippen molar-refractivity contribution in [1.29, 1.82) is 0 Å². The number of ether oxygens (including phenoxy) is 2. The van der Waals surface area contributed by atoms with Crippen LogP contribution in [0.4, 0.5) is 50.4 Å². The van der Waals surface area contributed by atoms with Crippen LogP contribution in [-0.2, 0) is 43.6 Å². The molecule has 0 spiro atoms. The Labute approximate surface area is 878 Å². The van der Waals surface area contributed by atoms with Crippen molar-refractivity contribution in [1.82, 2.24) is 39.9 Å². The Morgan fingerprint density at radius 1 is 0.192 bits per heavy atom. The molecule has 0 atom stereocenters. The van der Waals surface area contributed by atoms with Crippen LogP contribution in [0.3, 0.4) is 0 Å². The van der Waals surface area contributed by atoms with Crippen molar-refractivity contribution in [2.24, 2.45) is 0 Å². The smallest absolute Gasteiger partial charge is 1.00 e. The summed E-state index contributed by atoms with van der Waals surface area (Å²) < 4.78 is 128. The molecular formula is C120H148Cu2F12N8O2P2. The summed E-state index contributed by atoms with van der Waals surface area (Å²) in [5.41, 5.74) is 38.1. The van der Waals surface area contributed by atoms with E-state index in [-0.39, 0.29) is 34.1 Å². The Morgan fingerprint density at radius 2 is 0.308 bits per heavy atom. The summed E-state index contributed by atoms with van der Waals surface area (Å²) in [7, 11) is -21.3. The molecule has 16 rings (SSSR count). The number of fused-ring (bicyclic) bond motifs is 12. The Bertz CT molecular complexity index is 6280. The van der Waals surface area contributed by atoms with Crippen LogP contribution >= 0.6 is 15.6 Å². The molecule has 0 aliphatic rings. The third-order valence-corrected chi connectivity index (χ3v) is 25.0. The average molecular weight is 2150 g/mol. The second-order valence-corrected chi connectivity index (χ2v) is 44.9. The van der Waals surface area contributed by atoms with E-state index in [0.717, 1.165) is 159 Å². The largest absolute Gasteiger partial charge is 1.00 e. The maximum absolute atomic E-state index is 10.7. The number of hydrogen-bond donors (Lipinski definition) is 0. The molecule has 8 heterocycles. The summed E-state index contributed by atoms with van der Waals surface area (Å²) in [5, 5.41) is 9.12. The molecule has 0 unspecified atom stereocenters. The van der Waals surface area contributed by atoms with Gasteiger partial charge < -0.3 is 9.47 Å². The van der Waals surface area contributed by atoms with Crippen LogP contribution in [-0.4, -0.2) is 66.3 Å². The number of benzene rings is 8. The second kappa shape index (κ2) is 49.2. The molecule has 0 fully saturated rings. The standard InChI is InChI=1S/2C42H52N2.2C14H12N2.2C4H10O.2Cu.2F6P/c2*1-23(2)31-19-33(25(5)6)39(34(20-31)26(7)8)37-17-15-29-13-14-30-16-18-38(44-42(30)41(29)43-37)40-35(27(9)10)21-32(24(3)4)22-36(40)28(11)12;2*1-9-3-5-11-7-8-12-6-4-10(2)16-14(12)13(11)15-9;2*1-3-5-4-2;;;2*1-7(2,3,4,5)6/h2*13-28H,1-12H3;2*3-8H,1-2H3;2*3-4H2,1-2H3;;;;/q;;;;;;2*+1;2*-1. The van der Waals surface area contributed by atoms with E-state index in [0.29, 0.717) is 71.0 Å². The van der Waals surface area contributed by atoms with Crippen LogP contribution in [0.5, 0.6) is 0 Å². The number of pyridine rings is 8. The molecule has 8 aromatic carbocycles. The molecule has 0 aliphatic carbocycles. The molecule has 146 heavy (non-hydrogen) atoms. The van der Waals surface area contributed by atoms with Crippen molar-refractivity contribution in [3.8, 4) is 45.0 Å². The molecule has 0 radical (unpaired) electrons. The summed E-state index contributed by atoms with van der Waals surface area (Å²) >= 11 is 0. The second-order valence-electron chi connectivity index (χ2n) is 41.1. The van der Waals surface area contributed by atoms with E-state index in [1.807, 2.05) is 79.7 Å². The van der Waals surface area contributed by atoms with Crippen LogP contribution in [0.2, 0.25) is 0 Å². The van der Waals surface area contributed by atoms with E-state index in [4.69, 9.17) is 29.4 Å². The SMILES string of the molecule is CC(C)c1cc(C(C)C)c(-c2ccc3ccc4ccc(-c5c(C(C)C)cc(C(C)C)cc5C(C)C)nc4c3n2)c(C(C)C)c1.CC(C)c1cc(C(C)C)c(-c2ccc3ccc4ccc(-c5c(C(C)C)cc(C(C)C)cc5C(C)C)nc4c3n2)c(C(C)C)c1.CCOCC.CCOCC.Cc1ccc2ccc3ccc(C)nc3c2n1.Cc1ccc2ccc3ccc(C)nc3c2n1.F[P-](F)(F)(F)(F)F.F[P-](F)(F)(F)(F)F.[Cu+].[Cu+]. The summed E-state index contributed by atoms with van der Waals surface area (Å²) in [6.07, 6.45) is 0. The van der Waals surface area contributed by atoms with Crippen LogP contribution in [0.15, 0.2) is 194 Å². The zero-order valence-corrected chi connectivity index (χ0v) is 94.3. The molecule has 0 saturated carbocycles. The fourth-order valence-electron chi connectivity index (χ4n) is 17.4. The van der Waals surface area contributed by atoms with E-state index >= 15 is 0 Å². The van der Waals surface area contributed by atoms with Crippen molar-refractivity contribution < 1.29 is 94.0 Å². The fraction of sp³-hybridized carbons (Fsp3) is 0.400. The fourth-order valence-corrected chi connectivity index (χ4v) is 17.4. The van der Waals surface area contributed by atoms with Gasteiger partial charge >= 0.3 is 100 Å². The van der Waals surface area contributed by atoms with Gasteiger partial charge in [-0.15, -0.1) is 0 Å². The molecule has 8 aromatic heterocycles. The Morgan fingerprint density at radius 3 is 0.418 bits per heavy atom. The number of rotatable bonds is 20. The molecule has 796 valence electrons. The topological polar surface area (TPSA) is 122 Å². The van der Waals surface area contributed by atoms with Crippen molar-refractivity contribution in [2.75, 3.05) is 26.4 Å². The van der Waals surface area contributed by atoms with Gasteiger partial charge in [-0.2, -0.15) is 0 Å². The quantitative estimate of drug-likeness (QED) is 0.0315. The van der Waals surface area contributed by atoms with Gasteiger partial charge in [-0.25, -0.2) is 19.9 Å². The van der Waals surface area contributed by atoms with Crippen LogP contribution < -0.4 is 0 Å². The minimum absolute atomic E-state index is 0. The predicted octanol–water partition coefficient (Wildman–Crippen LogP) is 41.4. The van der Waals surface area contributed by atoms with Gasteiger partial charge in [0.1, 0.15) is 0 Å². The summed E-state index contributed by atoms with van der Waals surface area (Å²) in [6.45, 7) is 74.6. The Balaban J connectivity index is 0.000000259. The molecule has 0 N–H and O–H groups in total. The number of nitrogens with zero attached hydrogens (tertiary/aromatic N) is 8. The third-order valence-electron chi connectivity index (χ3n) is 25.0. The van der Waals surface area contributed by atoms with Gasteiger partial charge in [0.2, 0.25) is 0 Å². The number of aryl methyl sites for hydroxylation is 4. The molecule has 0 amide bonds. The van der Waals surface area contributed by atoms with Crippen molar-refractivity contribution in [2.45, 2.75) is 293 Å². The van der Waals surface area contributed by atoms with Crippen LogP contribution in [0.1, 0.15) is 354 Å². The molecule has 10 nitrogen and oxygen atoms in total. The summed E-state index contributed by atoms with van der Waals surface area (Å²) in [6, 6.07) is 70.9. The van der Waals surface area contributed by atoms with Gasteiger partial charge in [-0.05, 0) is 242 Å². The first-order chi connectivity index (χ1) is 66.8. The number of aromatic nitrogens is 8. The molecule has 26 heteroatoms. The van der Waals surface area contributed by atoms with Gasteiger partial charge in [0.25, 0.3) is 0 Å². The monoisotopic (exact) mass is 2150 g/mol. The van der Waals surface area contributed by atoms with E-state index in [1.165, 1.54) is 89.0 Å². The molecule has 0 saturated heterocycles. The van der Waals surface area contributed by atoms with E-state index in [2.05, 4.69) is 356 Å². The van der Waals surface area contributed by atoms with Gasteiger partial charge in [-0.1, -0.05) is 312 Å². The molecular weight excluding hydrogens is 2000 g/mol. The minimum Gasteiger partial charge on any atom is 1.00 e. The van der Waals surface area contributed by atoms with Gasteiger partial charge in [0.05, 0.1) is 66.9 Å². The zero-order valence-electron chi connectivity index (χ0n) is 90.7. The van der Waals surface area contributed by atoms with Gasteiger partial charge in [0.15, 0.2) is 0 Å². The number of hydrogen-bond acceptors (Lipinski definition) is 10. The zero-order chi connectivity index (χ0) is 107. The Hall–Kier alpha value is -9.98. The van der Waals surface area contributed by atoms with Crippen molar-refractivity contribution in [3.05, 3.63) is 284 Å². The maximum Gasteiger partial charge on any atom is 1.00 e. The van der Waals surface area contributed by atoms with Gasteiger partial charge in [0, 0.05) is 115 Å².